The maximum absolute atomic E-state index is 10.4. The third-order valence-electron chi connectivity index (χ3n) is 3.62. The van der Waals surface area contributed by atoms with Gasteiger partial charge in [0, 0.05) is 36.5 Å². The zero-order chi connectivity index (χ0) is 16.5. The van der Waals surface area contributed by atoms with Crippen molar-refractivity contribution in [2.45, 2.75) is 25.1 Å². The molecule has 1 saturated heterocycles. The summed E-state index contributed by atoms with van der Waals surface area (Å²) in [4.78, 5) is 13.9. The van der Waals surface area contributed by atoms with E-state index < -0.39 is 4.92 Å². The molecule has 2 heterocycles. The SMILES string of the molecule is CN/C(=C\[N+](=O)[O-])NCCSCc1csc(CN2CCCC2)c1. The van der Waals surface area contributed by atoms with E-state index in [0.29, 0.717) is 12.4 Å². The maximum Gasteiger partial charge on any atom is 0.274 e. The number of rotatable bonds is 10. The zero-order valence-corrected chi connectivity index (χ0v) is 15.0. The van der Waals surface area contributed by atoms with Crippen LogP contribution in [0, 0.1) is 10.1 Å². The first kappa shape index (κ1) is 18.1. The Morgan fingerprint density at radius 3 is 3.00 bits per heavy atom. The molecule has 0 aromatic carbocycles. The van der Waals surface area contributed by atoms with Gasteiger partial charge in [-0.25, -0.2) is 0 Å². The van der Waals surface area contributed by atoms with Gasteiger partial charge in [0.05, 0.1) is 4.92 Å². The second kappa shape index (κ2) is 9.79. The van der Waals surface area contributed by atoms with Crippen molar-refractivity contribution in [3.8, 4) is 0 Å². The molecule has 1 fully saturated rings. The van der Waals surface area contributed by atoms with Gasteiger partial charge in [-0.15, -0.1) is 11.3 Å². The lowest BCUT2D eigenvalue weighted by Crippen LogP contribution is -2.26. The number of hydrogen-bond donors (Lipinski definition) is 2. The average molecular weight is 357 g/mol. The van der Waals surface area contributed by atoms with Crippen molar-refractivity contribution in [2.24, 2.45) is 0 Å². The Morgan fingerprint density at radius 2 is 2.30 bits per heavy atom. The van der Waals surface area contributed by atoms with Crippen molar-refractivity contribution >= 4 is 23.1 Å². The summed E-state index contributed by atoms with van der Waals surface area (Å²) in [6, 6.07) is 2.31. The van der Waals surface area contributed by atoms with Crippen LogP contribution in [0.5, 0.6) is 0 Å². The number of thioether (sulfide) groups is 1. The number of thiophene rings is 1. The minimum atomic E-state index is -0.459. The van der Waals surface area contributed by atoms with E-state index >= 15 is 0 Å². The summed E-state index contributed by atoms with van der Waals surface area (Å²) in [6.45, 7) is 4.27. The second-order valence-electron chi connectivity index (χ2n) is 5.46. The largest absolute Gasteiger partial charge is 0.370 e. The summed E-state index contributed by atoms with van der Waals surface area (Å²) in [6.07, 6.45) is 3.62. The molecule has 1 aliphatic rings. The topological polar surface area (TPSA) is 70.4 Å². The van der Waals surface area contributed by atoms with Crippen molar-refractivity contribution in [1.82, 2.24) is 15.5 Å². The molecule has 128 valence electrons. The van der Waals surface area contributed by atoms with Crippen molar-refractivity contribution in [1.29, 1.82) is 0 Å². The maximum atomic E-state index is 10.4. The van der Waals surface area contributed by atoms with Gasteiger partial charge in [-0.2, -0.15) is 11.8 Å². The molecule has 0 radical (unpaired) electrons. The van der Waals surface area contributed by atoms with E-state index in [4.69, 9.17) is 0 Å². The Bertz CT molecular complexity index is 527. The Hall–Kier alpha value is -1.25. The predicted molar refractivity (Wildman–Crippen MR) is 97.1 cm³/mol. The predicted octanol–water partition coefficient (Wildman–Crippen LogP) is 2.46. The lowest BCUT2D eigenvalue weighted by molar-refractivity contribution is -0.404. The molecular formula is C15H24N4O2S2. The molecule has 2 rings (SSSR count). The molecule has 1 aromatic rings. The molecule has 0 atom stereocenters. The molecule has 23 heavy (non-hydrogen) atoms. The fraction of sp³-hybridized carbons (Fsp3) is 0.600. The normalized spacial score (nSPS) is 15.8. The molecule has 0 bridgehead atoms. The first-order valence-corrected chi connectivity index (χ1v) is 9.84. The minimum Gasteiger partial charge on any atom is -0.370 e. The number of likely N-dealkylation sites (tertiary alicyclic amines) is 1. The van der Waals surface area contributed by atoms with Gasteiger partial charge in [0.2, 0.25) is 0 Å². The van der Waals surface area contributed by atoms with Crippen LogP contribution in [0.1, 0.15) is 23.3 Å². The first-order valence-electron chi connectivity index (χ1n) is 7.80. The lowest BCUT2D eigenvalue weighted by Gasteiger charge is -2.12. The molecular weight excluding hydrogens is 332 g/mol. The molecule has 1 aromatic heterocycles. The van der Waals surface area contributed by atoms with Crippen molar-refractivity contribution in [3.05, 3.63) is 44.0 Å². The van der Waals surface area contributed by atoms with Crippen LogP contribution in [-0.2, 0) is 12.3 Å². The third kappa shape index (κ3) is 6.80. The van der Waals surface area contributed by atoms with Crippen LogP contribution >= 0.6 is 23.1 Å². The molecule has 0 aliphatic carbocycles. The van der Waals surface area contributed by atoms with Crippen LogP contribution in [0.3, 0.4) is 0 Å². The molecule has 1 aliphatic heterocycles. The van der Waals surface area contributed by atoms with Crippen LogP contribution in [0.4, 0.5) is 0 Å². The summed E-state index contributed by atoms with van der Waals surface area (Å²) >= 11 is 3.69. The van der Waals surface area contributed by atoms with E-state index in [1.807, 2.05) is 23.1 Å². The van der Waals surface area contributed by atoms with Gasteiger partial charge in [-0.3, -0.25) is 15.0 Å². The Labute approximate surface area is 145 Å². The third-order valence-corrected chi connectivity index (χ3v) is 5.62. The van der Waals surface area contributed by atoms with Crippen LogP contribution in [0.2, 0.25) is 0 Å². The summed E-state index contributed by atoms with van der Waals surface area (Å²) in [5.41, 5.74) is 1.38. The van der Waals surface area contributed by atoms with Crippen molar-refractivity contribution < 1.29 is 4.92 Å². The van der Waals surface area contributed by atoms with Gasteiger partial charge in [-0.05, 0) is 42.9 Å². The number of hydrogen-bond acceptors (Lipinski definition) is 7. The molecule has 8 heteroatoms. The molecule has 0 unspecified atom stereocenters. The highest BCUT2D eigenvalue weighted by Gasteiger charge is 2.12. The van der Waals surface area contributed by atoms with Gasteiger partial charge in [0.1, 0.15) is 0 Å². The lowest BCUT2D eigenvalue weighted by atomic mass is 10.3. The highest BCUT2D eigenvalue weighted by Crippen LogP contribution is 2.22. The van der Waals surface area contributed by atoms with Gasteiger partial charge in [0.15, 0.2) is 5.82 Å². The Kier molecular flexibility index (Phi) is 7.70. The van der Waals surface area contributed by atoms with E-state index in [2.05, 4.69) is 27.0 Å². The van der Waals surface area contributed by atoms with E-state index in [-0.39, 0.29) is 0 Å². The monoisotopic (exact) mass is 356 g/mol. The second-order valence-corrected chi connectivity index (χ2v) is 7.56. The summed E-state index contributed by atoms with van der Waals surface area (Å²) in [7, 11) is 1.67. The number of nitro groups is 1. The number of nitrogens with one attached hydrogen (secondary N) is 2. The molecule has 0 spiro atoms. The minimum absolute atomic E-state index is 0.444. The molecule has 0 amide bonds. The summed E-state index contributed by atoms with van der Waals surface area (Å²) < 4.78 is 0. The van der Waals surface area contributed by atoms with Gasteiger partial charge in [-0.1, -0.05) is 0 Å². The van der Waals surface area contributed by atoms with Gasteiger partial charge < -0.3 is 10.6 Å². The van der Waals surface area contributed by atoms with Gasteiger partial charge in [0.25, 0.3) is 6.20 Å². The molecule has 6 nitrogen and oxygen atoms in total. The standard InChI is InChI=1S/C15H24N4O2S2/c1-16-15(10-19(20)21)17-4-7-22-11-13-8-14(23-12-13)9-18-5-2-3-6-18/h8,10,12,16-17H,2-7,9,11H2,1H3/b15-10+. The fourth-order valence-electron chi connectivity index (χ4n) is 2.50. The smallest absolute Gasteiger partial charge is 0.274 e. The van der Waals surface area contributed by atoms with Crippen LogP contribution in [0.25, 0.3) is 0 Å². The van der Waals surface area contributed by atoms with E-state index in [0.717, 1.165) is 24.3 Å². The highest BCUT2D eigenvalue weighted by molar-refractivity contribution is 7.98. The summed E-state index contributed by atoms with van der Waals surface area (Å²) in [5, 5.41) is 18.5. The molecule has 0 saturated carbocycles. The Balaban J connectivity index is 1.62. The van der Waals surface area contributed by atoms with E-state index in [1.165, 1.54) is 36.4 Å². The number of nitrogens with zero attached hydrogens (tertiary/aromatic N) is 2. The fourth-order valence-corrected chi connectivity index (χ4v) is 4.33. The highest BCUT2D eigenvalue weighted by atomic mass is 32.2. The quantitative estimate of drug-likeness (QED) is 0.381. The van der Waals surface area contributed by atoms with Gasteiger partial charge >= 0.3 is 0 Å². The zero-order valence-electron chi connectivity index (χ0n) is 13.4. The van der Waals surface area contributed by atoms with E-state index in [1.54, 1.807) is 7.05 Å². The Morgan fingerprint density at radius 1 is 1.52 bits per heavy atom. The van der Waals surface area contributed by atoms with Crippen LogP contribution < -0.4 is 10.6 Å². The van der Waals surface area contributed by atoms with Crippen LogP contribution in [0.15, 0.2) is 23.5 Å². The van der Waals surface area contributed by atoms with E-state index in [9.17, 15) is 10.1 Å². The van der Waals surface area contributed by atoms with Crippen LogP contribution in [-0.4, -0.2) is 42.3 Å². The van der Waals surface area contributed by atoms with Crippen molar-refractivity contribution in [2.75, 3.05) is 32.4 Å². The summed E-state index contributed by atoms with van der Waals surface area (Å²) in [5.74, 6) is 2.35. The first-order chi connectivity index (χ1) is 11.2. The van der Waals surface area contributed by atoms with Crippen molar-refractivity contribution in [3.63, 3.8) is 0 Å². The average Bonchev–Trinajstić information content (AvgIpc) is 3.18. The molecule has 2 N–H and O–H groups in total.